The summed E-state index contributed by atoms with van der Waals surface area (Å²) in [5, 5.41) is 11.4. The highest BCUT2D eigenvalue weighted by Gasteiger charge is 2.16. The molecule has 4 rings (SSSR count). The molecule has 9 heteroatoms. The summed E-state index contributed by atoms with van der Waals surface area (Å²) < 4.78 is 17.8. The number of ether oxygens (including phenoxy) is 1. The minimum absolute atomic E-state index is 0.253. The number of rotatable bonds is 4. The first-order valence-corrected chi connectivity index (χ1v) is 9.57. The third-order valence-electron chi connectivity index (χ3n) is 4.89. The van der Waals surface area contributed by atoms with E-state index in [0.29, 0.717) is 28.0 Å². The number of nitrogens with zero attached hydrogens (tertiary/aromatic N) is 4. The second-order valence-electron chi connectivity index (χ2n) is 6.88. The topological polar surface area (TPSA) is 97.3 Å². The Morgan fingerprint density at radius 3 is 2.50 bits per heavy atom. The van der Waals surface area contributed by atoms with Gasteiger partial charge in [0, 0.05) is 41.0 Å². The average Bonchev–Trinajstić information content (AvgIpc) is 2.83. The summed E-state index contributed by atoms with van der Waals surface area (Å²) in [7, 11) is 2.90. The molecule has 2 aromatic carbocycles. The maximum absolute atomic E-state index is 13.2. The van der Waals surface area contributed by atoms with E-state index >= 15 is 0 Å². The van der Waals surface area contributed by atoms with Gasteiger partial charge in [0.25, 0.3) is 5.91 Å². The summed E-state index contributed by atoms with van der Waals surface area (Å²) in [6, 6.07) is 14.2. The molecular weight excluding hydrogens is 413 g/mol. The van der Waals surface area contributed by atoms with Crippen molar-refractivity contribution in [2.45, 2.75) is 0 Å². The van der Waals surface area contributed by atoms with Crippen molar-refractivity contribution in [1.29, 1.82) is 0 Å². The van der Waals surface area contributed by atoms with Gasteiger partial charge < -0.3 is 9.64 Å². The molecule has 32 heavy (non-hydrogen) atoms. The molecule has 2 aromatic heterocycles. The number of pyridine rings is 1. The van der Waals surface area contributed by atoms with Crippen molar-refractivity contribution < 1.29 is 18.7 Å². The van der Waals surface area contributed by atoms with Crippen molar-refractivity contribution in [1.82, 2.24) is 15.2 Å². The smallest absolute Gasteiger partial charge is 0.412 e. The monoisotopic (exact) mass is 431 g/mol. The molecule has 1 N–H and O–H groups in total. The Morgan fingerprint density at radius 2 is 1.81 bits per heavy atom. The molecule has 0 aliphatic heterocycles. The summed E-state index contributed by atoms with van der Waals surface area (Å²) in [5.74, 6) is -0.286. The molecule has 4 aromatic rings. The van der Waals surface area contributed by atoms with Crippen LogP contribution in [-0.4, -0.2) is 41.3 Å². The number of carbonyl (C=O) groups excluding carboxylic acids is 2. The van der Waals surface area contributed by atoms with Crippen LogP contribution in [0.2, 0.25) is 0 Å². The Kier molecular flexibility index (Phi) is 5.71. The second-order valence-corrected chi connectivity index (χ2v) is 6.88. The van der Waals surface area contributed by atoms with Crippen molar-refractivity contribution in [2.75, 3.05) is 24.4 Å². The van der Waals surface area contributed by atoms with Gasteiger partial charge in [0.05, 0.1) is 18.8 Å². The number of carbonyl (C=O) groups is 2. The maximum Gasteiger partial charge on any atom is 0.412 e. The van der Waals surface area contributed by atoms with Gasteiger partial charge in [-0.15, -0.1) is 0 Å². The number of anilines is 2. The van der Waals surface area contributed by atoms with Crippen molar-refractivity contribution in [3.8, 4) is 11.1 Å². The van der Waals surface area contributed by atoms with Crippen LogP contribution in [0.25, 0.3) is 22.0 Å². The van der Waals surface area contributed by atoms with Gasteiger partial charge in [-0.2, -0.15) is 10.2 Å². The number of fused-ring (bicyclic) bond motifs is 1. The van der Waals surface area contributed by atoms with Crippen LogP contribution in [0.4, 0.5) is 20.7 Å². The van der Waals surface area contributed by atoms with Gasteiger partial charge in [-0.3, -0.25) is 10.1 Å². The van der Waals surface area contributed by atoms with Gasteiger partial charge in [0.2, 0.25) is 0 Å². The van der Waals surface area contributed by atoms with Crippen molar-refractivity contribution in [3.05, 3.63) is 78.4 Å². The number of nitrogens with one attached hydrogen (secondary N) is 1. The lowest BCUT2D eigenvalue weighted by Crippen LogP contribution is -2.26. The summed E-state index contributed by atoms with van der Waals surface area (Å²) in [6.07, 6.45) is 2.56. The lowest BCUT2D eigenvalue weighted by atomic mass is 10.0. The van der Waals surface area contributed by atoms with Crippen LogP contribution in [0, 0.1) is 5.82 Å². The van der Waals surface area contributed by atoms with Crippen LogP contribution in [0.3, 0.4) is 0 Å². The van der Waals surface area contributed by atoms with E-state index in [1.807, 2.05) is 0 Å². The Bertz CT molecular complexity index is 1290. The van der Waals surface area contributed by atoms with E-state index in [-0.39, 0.29) is 11.7 Å². The Balaban J connectivity index is 1.68. The highest BCUT2D eigenvalue weighted by atomic mass is 19.1. The van der Waals surface area contributed by atoms with Crippen LogP contribution in [-0.2, 0) is 4.74 Å². The number of hydrogen-bond donors (Lipinski definition) is 1. The van der Waals surface area contributed by atoms with E-state index in [2.05, 4.69) is 25.2 Å². The molecule has 160 valence electrons. The van der Waals surface area contributed by atoms with Crippen LogP contribution < -0.4 is 10.2 Å². The van der Waals surface area contributed by atoms with E-state index in [1.165, 1.54) is 24.1 Å². The predicted octanol–water partition coefficient (Wildman–Crippen LogP) is 4.29. The molecular formula is C23H18FN5O3. The minimum atomic E-state index is -0.616. The molecule has 2 heterocycles. The second kappa shape index (κ2) is 8.76. The number of methoxy groups -OCH3 is 1. The van der Waals surface area contributed by atoms with Gasteiger partial charge in [-0.25, -0.2) is 14.2 Å². The van der Waals surface area contributed by atoms with Crippen molar-refractivity contribution in [2.24, 2.45) is 0 Å². The van der Waals surface area contributed by atoms with Crippen LogP contribution in [0.1, 0.15) is 10.4 Å². The van der Waals surface area contributed by atoms with Crippen LogP contribution in [0.15, 0.2) is 67.0 Å². The Morgan fingerprint density at radius 1 is 1.03 bits per heavy atom. The Hall–Kier alpha value is -4.40. The van der Waals surface area contributed by atoms with Gasteiger partial charge in [0.15, 0.2) is 0 Å². The molecule has 0 fully saturated rings. The number of hydrogen-bond acceptors (Lipinski definition) is 6. The molecule has 0 saturated heterocycles. The molecule has 0 unspecified atom stereocenters. The Labute approximate surface area is 182 Å². The number of aromatic nitrogens is 3. The third-order valence-corrected chi connectivity index (χ3v) is 4.89. The molecule has 0 aliphatic rings. The van der Waals surface area contributed by atoms with Crippen LogP contribution in [0.5, 0.6) is 0 Å². The standard InChI is InChI=1S/C23H18FN5O3/c1-29(17-7-5-16(24)6-8-17)22(30)14-3-9-20-18(11-14)19(13-26-28-20)15-4-10-21(25-12-15)27-23(31)32-2/h3-13H,1-2H3,(H,25,27,31). The summed E-state index contributed by atoms with van der Waals surface area (Å²) in [4.78, 5) is 30.0. The van der Waals surface area contributed by atoms with Gasteiger partial charge >= 0.3 is 6.09 Å². The molecule has 0 radical (unpaired) electrons. The first-order valence-electron chi connectivity index (χ1n) is 9.57. The van der Waals surface area contributed by atoms with Crippen LogP contribution >= 0.6 is 0 Å². The zero-order valence-corrected chi connectivity index (χ0v) is 17.2. The zero-order chi connectivity index (χ0) is 22.7. The molecule has 0 spiro atoms. The lowest BCUT2D eigenvalue weighted by molar-refractivity contribution is 0.0993. The molecule has 0 saturated carbocycles. The molecule has 8 nitrogen and oxygen atoms in total. The minimum Gasteiger partial charge on any atom is -0.453 e. The SMILES string of the molecule is COC(=O)Nc1ccc(-c2cnnc3ccc(C(=O)N(C)c4ccc(F)cc4)cc23)cn1. The first-order chi connectivity index (χ1) is 15.5. The third kappa shape index (κ3) is 4.22. The normalized spacial score (nSPS) is 10.6. The summed E-state index contributed by atoms with van der Waals surface area (Å²) in [5.41, 5.74) is 3.08. The van der Waals surface area contributed by atoms with Gasteiger partial charge in [-0.1, -0.05) is 0 Å². The molecule has 0 bridgehead atoms. The van der Waals surface area contributed by atoms with E-state index < -0.39 is 6.09 Å². The molecule has 2 amide bonds. The largest absolute Gasteiger partial charge is 0.453 e. The van der Waals surface area contributed by atoms with Gasteiger partial charge in [0.1, 0.15) is 11.6 Å². The fourth-order valence-electron chi connectivity index (χ4n) is 3.18. The first kappa shape index (κ1) is 20.9. The van der Waals surface area contributed by atoms with E-state index in [0.717, 1.165) is 11.1 Å². The van der Waals surface area contributed by atoms with Gasteiger partial charge in [-0.05, 0) is 54.6 Å². The zero-order valence-electron chi connectivity index (χ0n) is 17.2. The lowest BCUT2D eigenvalue weighted by Gasteiger charge is -2.18. The highest BCUT2D eigenvalue weighted by molar-refractivity contribution is 6.08. The quantitative estimate of drug-likeness (QED) is 0.518. The van der Waals surface area contributed by atoms with E-state index in [9.17, 15) is 14.0 Å². The molecule has 0 atom stereocenters. The van der Waals surface area contributed by atoms with Crippen molar-refractivity contribution >= 4 is 34.4 Å². The fraction of sp³-hybridized carbons (Fsp3) is 0.0870. The van der Waals surface area contributed by atoms with Crippen molar-refractivity contribution in [3.63, 3.8) is 0 Å². The van der Waals surface area contributed by atoms with E-state index in [1.54, 1.807) is 61.9 Å². The summed E-state index contributed by atoms with van der Waals surface area (Å²) >= 11 is 0. The number of amides is 2. The summed E-state index contributed by atoms with van der Waals surface area (Å²) in [6.45, 7) is 0. The number of halogens is 1. The molecule has 0 aliphatic carbocycles. The predicted molar refractivity (Wildman–Crippen MR) is 118 cm³/mol. The maximum atomic E-state index is 13.2. The fourth-order valence-corrected chi connectivity index (χ4v) is 3.18. The van der Waals surface area contributed by atoms with E-state index in [4.69, 9.17) is 0 Å². The average molecular weight is 431 g/mol. The highest BCUT2D eigenvalue weighted by Crippen LogP contribution is 2.28. The number of benzene rings is 2.